The van der Waals surface area contributed by atoms with E-state index < -0.39 is 10.0 Å². The molecule has 0 saturated carbocycles. The number of aromatic nitrogens is 1. The Morgan fingerprint density at radius 3 is 2.80 bits per heavy atom. The number of ether oxygens (including phenoxy) is 1. The molecule has 0 unspecified atom stereocenters. The molecule has 20 heavy (non-hydrogen) atoms. The Kier molecular flexibility index (Phi) is 3.35. The molecule has 1 atom stereocenters. The number of hydrogen-bond acceptors (Lipinski definition) is 4. The minimum absolute atomic E-state index is 0.126. The fourth-order valence-electron chi connectivity index (χ4n) is 2.38. The highest BCUT2D eigenvalue weighted by Gasteiger charge is 2.30. The van der Waals surface area contributed by atoms with Gasteiger partial charge in [0.2, 0.25) is 15.9 Å². The smallest absolute Gasteiger partial charge is 0.214 e. The average molecular weight is 292 g/mol. The van der Waals surface area contributed by atoms with Crippen LogP contribution >= 0.6 is 0 Å². The lowest BCUT2D eigenvalue weighted by Gasteiger charge is -2.14. The molecular weight excluding hydrogens is 276 g/mol. The van der Waals surface area contributed by atoms with Gasteiger partial charge in [-0.15, -0.1) is 0 Å². The van der Waals surface area contributed by atoms with Crippen molar-refractivity contribution in [1.82, 2.24) is 9.29 Å². The van der Waals surface area contributed by atoms with E-state index in [0.29, 0.717) is 25.4 Å². The average Bonchev–Trinajstić information content (AvgIpc) is 2.87. The molecule has 1 fully saturated rings. The number of sulfonamides is 1. The normalized spacial score (nSPS) is 20.4. The number of nitrogens with zero attached hydrogens (tertiary/aromatic N) is 2. The number of benzene rings is 1. The summed E-state index contributed by atoms with van der Waals surface area (Å²) in [6.45, 7) is 0.907. The standard InChI is InChI=1S/C14H16N2O3S/c1-20(17,18)16-9-8-12(10-16)19-14-7-6-11-4-2-3-5-13(11)15-14/h2-7,12H,8-10H2,1H3/t12-/m0/s1. The zero-order valence-corrected chi connectivity index (χ0v) is 12.0. The number of hydrogen-bond donors (Lipinski definition) is 0. The van der Waals surface area contributed by atoms with Gasteiger partial charge < -0.3 is 4.74 Å². The quantitative estimate of drug-likeness (QED) is 0.863. The second-order valence-electron chi connectivity index (χ2n) is 4.99. The van der Waals surface area contributed by atoms with Gasteiger partial charge in [-0.1, -0.05) is 18.2 Å². The van der Waals surface area contributed by atoms with E-state index in [-0.39, 0.29) is 6.10 Å². The van der Waals surface area contributed by atoms with Crippen LogP contribution < -0.4 is 4.74 Å². The molecule has 1 aromatic carbocycles. The molecule has 0 amide bonds. The number of pyridine rings is 1. The molecule has 5 nitrogen and oxygen atoms in total. The topological polar surface area (TPSA) is 59.5 Å². The summed E-state index contributed by atoms with van der Waals surface area (Å²) in [5, 5.41) is 1.06. The van der Waals surface area contributed by atoms with E-state index in [1.807, 2.05) is 36.4 Å². The zero-order valence-electron chi connectivity index (χ0n) is 11.2. The summed E-state index contributed by atoms with van der Waals surface area (Å²) in [5.41, 5.74) is 0.878. The zero-order chi connectivity index (χ0) is 14.2. The third kappa shape index (κ3) is 2.76. The van der Waals surface area contributed by atoms with Crippen molar-refractivity contribution in [3.05, 3.63) is 36.4 Å². The third-order valence-corrected chi connectivity index (χ3v) is 4.71. The molecule has 1 aliphatic rings. The van der Waals surface area contributed by atoms with Crippen LogP contribution in [0.3, 0.4) is 0 Å². The maximum absolute atomic E-state index is 11.5. The first-order valence-electron chi connectivity index (χ1n) is 6.50. The number of fused-ring (bicyclic) bond motifs is 1. The first kappa shape index (κ1) is 13.3. The highest BCUT2D eigenvalue weighted by atomic mass is 32.2. The predicted molar refractivity (Wildman–Crippen MR) is 77.2 cm³/mol. The van der Waals surface area contributed by atoms with Crippen molar-refractivity contribution in [1.29, 1.82) is 0 Å². The molecule has 1 aromatic heterocycles. The lowest BCUT2D eigenvalue weighted by atomic mass is 10.2. The molecule has 1 saturated heterocycles. The van der Waals surface area contributed by atoms with Crippen molar-refractivity contribution in [2.75, 3.05) is 19.3 Å². The number of para-hydroxylation sites is 1. The Morgan fingerprint density at radius 1 is 1.25 bits per heavy atom. The van der Waals surface area contributed by atoms with Gasteiger partial charge in [0.05, 0.1) is 18.3 Å². The second-order valence-corrected chi connectivity index (χ2v) is 6.97. The van der Waals surface area contributed by atoms with E-state index in [4.69, 9.17) is 4.74 Å². The maximum atomic E-state index is 11.5. The van der Waals surface area contributed by atoms with Crippen LogP contribution in [0.25, 0.3) is 10.9 Å². The van der Waals surface area contributed by atoms with E-state index in [2.05, 4.69) is 4.98 Å². The van der Waals surface area contributed by atoms with Gasteiger partial charge in [-0.05, 0) is 18.6 Å². The van der Waals surface area contributed by atoms with Crippen LogP contribution in [0.5, 0.6) is 5.88 Å². The van der Waals surface area contributed by atoms with Crippen molar-refractivity contribution in [3.63, 3.8) is 0 Å². The summed E-state index contributed by atoms with van der Waals surface area (Å²) in [4.78, 5) is 4.44. The van der Waals surface area contributed by atoms with Gasteiger partial charge in [0, 0.05) is 18.0 Å². The molecule has 0 aliphatic carbocycles. The van der Waals surface area contributed by atoms with Crippen molar-refractivity contribution in [2.24, 2.45) is 0 Å². The molecule has 3 rings (SSSR count). The molecule has 0 spiro atoms. The molecule has 106 valence electrons. The lowest BCUT2D eigenvalue weighted by Crippen LogP contribution is -2.30. The van der Waals surface area contributed by atoms with Crippen molar-refractivity contribution in [2.45, 2.75) is 12.5 Å². The summed E-state index contributed by atoms with van der Waals surface area (Å²) in [6.07, 6.45) is 1.80. The predicted octanol–water partition coefficient (Wildman–Crippen LogP) is 1.65. The minimum Gasteiger partial charge on any atom is -0.473 e. The molecule has 0 N–H and O–H groups in total. The lowest BCUT2D eigenvalue weighted by molar-refractivity contribution is 0.208. The summed E-state index contributed by atoms with van der Waals surface area (Å²) in [6, 6.07) is 11.6. The third-order valence-electron chi connectivity index (χ3n) is 3.44. The van der Waals surface area contributed by atoms with Crippen LogP contribution in [-0.4, -0.2) is 43.2 Å². The Hall–Kier alpha value is -1.66. The summed E-state index contributed by atoms with van der Waals surface area (Å²) in [7, 11) is -3.13. The molecule has 2 aromatic rings. The molecule has 1 aliphatic heterocycles. The second kappa shape index (κ2) is 5.03. The number of rotatable bonds is 3. The van der Waals surface area contributed by atoms with Gasteiger partial charge in [-0.25, -0.2) is 13.4 Å². The Bertz CT molecular complexity index is 730. The van der Waals surface area contributed by atoms with E-state index in [0.717, 1.165) is 10.9 Å². The first-order chi connectivity index (χ1) is 9.52. The molecule has 0 radical (unpaired) electrons. The van der Waals surface area contributed by atoms with E-state index in [9.17, 15) is 8.42 Å². The summed E-state index contributed by atoms with van der Waals surface area (Å²) >= 11 is 0. The van der Waals surface area contributed by atoms with Crippen LogP contribution in [0.1, 0.15) is 6.42 Å². The SMILES string of the molecule is CS(=O)(=O)N1CC[C@H](Oc2ccc3ccccc3n2)C1. The van der Waals surface area contributed by atoms with Gasteiger partial charge in [-0.3, -0.25) is 0 Å². The van der Waals surface area contributed by atoms with E-state index in [1.54, 1.807) is 0 Å². The van der Waals surface area contributed by atoms with Crippen molar-refractivity contribution < 1.29 is 13.2 Å². The van der Waals surface area contributed by atoms with Crippen LogP contribution in [0.15, 0.2) is 36.4 Å². The van der Waals surface area contributed by atoms with E-state index in [1.165, 1.54) is 10.6 Å². The first-order valence-corrected chi connectivity index (χ1v) is 8.35. The molecule has 2 heterocycles. The summed E-state index contributed by atoms with van der Waals surface area (Å²) in [5.74, 6) is 0.545. The summed E-state index contributed by atoms with van der Waals surface area (Å²) < 4.78 is 30.2. The Morgan fingerprint density at radius 2 is 2.05 bits per heavy atom. The van der Waals surface area contributed by atoms with Gasteiger partial charge in [-0.2, -0.15) is 4.31 Å². The van der Waals surface area contributed by atoms with Gasteiger partial charge >= 0.3 is 0 Å². The van der Waals surface area contributed by atoms with Crippen LogP contribution in [-0.2, 0) is 10.0 Å². The highest BCUT2D eigenvalue weighted by Crippen LogP contribution is 2.21. The molecule has 0 bridgehead atoms. The maximum Gasteiger partial charge on any atom is 0.214 e. The van der Waals surface area contributed by atoms with Gasteiger partial charge in [0.25, 0.3) is 0 Å². The Labute approximate surface area is 118 Å². The van der Waals surface area contributed by atoms with E-state index >= 15 is 0 Å². The fourth-order valence-corrected chi connectivity index (χ4v) is 3.25. The van der Waals surface area contributed by atoms with Gasteiger partial charge in [0.15, 0.2) is 0 Å². The minimum atomic E-state index is -3.13. The fraction of sp³-hybridized carbons (Fsp3) is 0.357. The Balaban J connectivity index is 1.74. The van der Waals surface area contributed by atoms with Crippen molar-refractivity contribution >= 4 is 20.9 Å². The van der Waals surface area contributed by atoms with Crippen LogP contribution in [0.4, 0.5) is 0 Å². The molecular formula is C14H16N2O3S. The highest BCUT2D eigenvalue weighted by molar-refractivity contribution is 7.88. The largest absolute Gasteiger partial charge is 0.473 e. The van der Waals surface area contributed by atoms with Gasteiger partial charge in [0.1, 0.15) is 6.10 Å². The van der Waals surface area contributed by atoms with Crippen LogP contribution in [0, 0.1) is 0 Å². The van der Waals surface area contributed by atoms with Crippen LogP contribution in [0.2, 0.25) is 0 Å². The molecule has 6 heteroatoms. The monoisotopic (exact) mass is 292 g/mol. The van der Waals surface area contributed by atoms with Crippen molar-refractivity contribution in [3.8, 4) is 5.88 Å².